The van der Waals surface area contributed by atoms with E-state index >= 15 is 0 Å². The van der Waals surface area contributed by atoms with Gasteiger partial charge in [-0.2, -0.15) is 5.10 Å². The molecule has 1 aromatic carbocycles. The van der Waals surface area contributed by atoms with Crippen molar-refractivity contribution in [3.8, 4) is 11.5 Å². The van der Waals surface area contributed by atoms with Gasteiger partial charge in [-0.1, -0.05) is 17.7 Å². The van der Waals surface area contributed by atoms with Crippen LogP contribution in [-0.2, 0) is 17.8 Å². The van der Waals surface area contributed by atoms with E-state index < -0.39 is 0 Å². The Balaban J connectivity index is 1.20. The van der Waals surface area contributed by atoms with E-state index in [1.807, 2.05) is 19.1 Å². The molecule has 0 saturated heterocycles. The predicted octanol–water partition coefficient (Wildman–Crippen LogP) is 3.37. The lowest BCUT2D eigenvalue weighted by Gasteiger charge is -2.11. The lowest BCUT2D eigenvalue weighted by molar-refractivity contribution is -0.122. The third kappa shape index (κ3) is 4.92. The number of thiazole rings is 1. The molecule has 0 radical (unpaired) electrons. The van der Waals surface area contributed by atoms with Crippen molar-refractivity contribution in [3.05, 3.63) is 86.8 Å². The molecule has 0 bridgehead atoms. The number of rotatable bonds is 7. The number of hydrogen-bond acceptors (Lipinski definition) is 7. The Labute approximate surface area is 204 Å². The summed E-state index contributed by atoms with van der Waals surface area (Å²) >= 11 is 1.40. The van der Waals surface area contributed by atoms with E-state index in [1.54, 1.807) is 36.6 Å². The highest BCUT2D eigenvalue weighted by Gasteiger charge is 2.32. The molecule has 2 amide bonds. The molecular formula is C25H23N5O4S. The normalized spacial score (nSPS) is 14.5. The molecule has 1 aliphatic rings. The molecule has 0 unspecified atom stereocenters. The van der Waals surface area contributed by atoms with Crippen LogP contribution in [0, 0.1) is 6.92 Å². The molecule has 2 N–H and O–H groups in total. The number of nitrogens with one attached hydrogen (secondary N) is 2. The zero-order valence-electron chi connectivity index (χ0n) is 19.0. The van der Waals surface area contributed by atoms with E-state index in [0.29, 0.717) is 34.3 Å². The maximum Gasteiger partial charge on any atom is 0.266 e. The fourth-order valence-electron chi connectivity index (χ4n) is 3.98. The summed E-state index contributed by atoms with van der Waals surface area (Å²) in [5.41, 5.74) is 2.63. The Hall–Kier alpha value is -4.05. The standard InChI is InChI=1S/C25H23N5O4S/c1-15-4-6-16(7-5-15)23(32)28-25-27-22-17(8-10-20(22)35-25)24(33)26-12-13-30-21(31)11-9-18(29-30)19-3-2-14-34-19/h2-7,9,11,14,17H,8,10,12-13H2,1H3,(H,26,33)(H,27,28,32)/t17-/m0/s1. The van der Waals surface area contributed by atoms with Gasteiger partial charge in [0.25, 0.3) is 11.5 Å². The van der Waals surface area contributed by atoms with E-state index in [9.17, 15) is 14.4 Å². The maximum atomic E-state index is 12.9. The van der Waals surface area contributed by atoms with E-state index in [0.717, 1.165) is 16.9 Å². The lowest BCUT2D eigenvalue weighted by atomic mass is 10.1. The molecule has 1 atom stereocenters. The average molecular weight is 490 g/mol. The fraction of sp³-hybridized carbons (Fsp3) is 0.240. The summed E-state index contributed by atoms with van der Waals surface area (Å²) in [6, 6.07) is 13.9. The number of hydrogen-bond donors (Lipinski definition) is 2. The molecule has 0 aliphatic heterocycles. The van der Waals surface area contributed by atoms with Gasteiger partial charge < -0.3 is 9.73 Å². The van der Waals surface area contributed by atoms with Crippen LogP contribution in [0.4, 0.5) is 5.13 Å². The Kier molecular flexibility index (Phi) is 6.28. The summed E-state index contributed by atoms with van der Waals surface area (Å²) in [6.45, 7) is 2.44. The summed E-state index contributed by atoms with van der Waals surface area (Å²) in [6.07, 6.45) is 2.94. The number of aryl methyl sites for hydroxylation is 2. The number of aromatic nitrogens is 3. The van der Waals surface area contributed by atoms with Crippen molar-refractivity contribution in [3.63, 3.8) is 0 Å². The van der Waals surface area contributed by atoms with Gasteiger partial charge in [0.1, 0.15) is 5.69 Å². The van der Waals surface area contributed by atoms with Gasteiger partial charge in [-0.25, -0.2) is 9.67 Å². The highest BCUT2D eigenvalue weighted by molar-refractivity contribution is 7.16. The minimum absolute atomic E-state index is 0.152. The topological polar surface area (TPSA) is 119 Å². The van der Waals surface area contributed by atoms with Crippen molar-refractivity contribution in [2.75, 3.05) is 11.9 Å². The van der Waals surface area contributed by atoms with Gasteiger partial charge in [0.2, 0.25) is 5.91 Å². The number of anilines is 1. The van der Waals surface area contributed by atoms with E-state index in [1.165, 1.54) is 22.1 Å². The molecular weight excluding hydrogens is 466 g/mol. The summed E-state index contributed by atoms with van der Waals surface area (Å²) in [7, 11) is 0. The number of carbonyl (C=O) groups is 2. The van der Waals surface area contributed by atoms with Crippen molar-refractivity contribution >= 4 is 28.3 Å². The van der Waals surface area contributed by atoms with Crippen LogP contribution in [0.1, 0.15) is 38.8 Å². The first kappa shape index (κ1) is 22.7. The smallest absolute Gasteiger partial charge is 0.266 e. The molecule has 178 valence electrons. The number of nitrogens with zero attached hydrogens (tertiary/aromatic N) is 3. The molecule has 3 aromatic heterocycles. The number of amides is 2. The molecule has 9 nitrogen and oxygen atoms in total. The number of fused-ring (bicyclic) bond motifs is 1. The zero-order chi connectivity index (χ0) is 24.4. The Morgan fingerprint density at radius 1 is 1.17 bits per heavy atom. The van der Waals surface area contributed by atoms with Crippen LogP contribution in [0.15, 0.2) is 64.0 Å². The highest BCUT2D eigenvalue weighted by atomic mass is 32.1. The van der Waals surface area contributed by atoms with Crippen LogP contribution >= 0.6 is 11.3 Å². The molecule has 0 fully saturated rings. The summed E-state index contributed by atoms with van der Waals surface area (Å²) < 4.78 is 6.64. The number of benzene rings is 1. The molecule has 0 spiro atoms. The SMILES string of the molecule is Cc1ccc(C(=O)Nc2nc3c(s2)CC[C@@H]3C(=O)NCCn2nc(-c3ccco3)ccc2=O)cc1. The van der Waals surface area contributed by atoms with Gasteiger partial charge in [0, 0.05) is 23.1 Å². The Bertz CT molecular complexity index is 1420. The third-order valence-corrected chi connectivity index (χ3v) is 6.88. The van der Waals surface area contributed by atoms with Crippen molar-refractivity contribution in [2.24, 2.45) is 0 Å². The van der Waals surface area contributed by atoms with Crippen molar-refractivity contribution < 1.29 is 14.0 Å². The first-order chi connectivity index (χ1) is 17.0. The van der Waals surface area contributed by atoms with Gasteiger partial charge in [-0.05, 0) is 50.1 Å². The van der Waals surface area contributed by atoms with E-state index in [2.05, 4.69) is 20.7 Å². The Morgan fingerprint density at radius 2 is 2.00 bits per heavy atom. The minimum atomic E-state index is -0.384. The predicted molar refractivity (Wildman–Crippen MR) is 132 cm³/mol. The molecule has 35 heavy (non-hydrogen) atoms. The van der Waals surface area contributed by atoms with Crippen molar-refractivity contribution in [1.29, 1.82) is 0 Å². The summed E-state index contributed by atoms with van der Waals surface area (Å²) in [5, 5.41) is 10.5. The zero-order valence-corrected chi connectivity index (χ0v) is 19.8. The quantitative estimate of drug-likeness (QED) is 0.411. The molecule has 4 aromatic rings. The third-order valence-electron chi connectivity index (χ3n) is 5.83. The first-order valence-electron chi connectivity index (χ1n) is 11.3. The van der Waals surface area contributed by atoms with Crippen LogP contribution in [-0.4, -0.2) is 33.1 Å². The largest absolute Gasteiger partial charge is 0.463 e. The molecule has 5 rings (SSSR count). The van der Waals surface area contributed by atoms with Crippen LogP contribution in [0.5, 0.6) is 0 Å². The number of furan rings is 1. The fourth-order valence-corrected chi connectivity index (χ4v) is 5.02. The highest BCUT2D eigenvalue weighted by Crippen LogP contribution is 2.38. The molecule has 10 heteroatoms. The first-order valence-corrected chi connectivity index (χ1v) is 12.1. The van der Waals surface area contributed by atoms with Crippen LogP contribution in [0.3, 0.4) is 0 Å². The van der Waals surface area contributed by atoms with Crippen LogP contribution in [0.2, 0.25) is 0 Å². The second kappa shape index (κ2) is 9.67. The minimum Gasteiger partial charge on any atom is -0.463 e. The number of carbonyl (C=O) groups excluding carboxylic acids is 2. The Morgan fingerprint density at radius 3 is 2.77 bits per heavy atom. The van der Waals surface area contributed by atoms with Gasteiger partial charge in [-0.15, -0.1) is 11.3 Å². The molecule has 3 heterocycles. The van der Waals surface area contributed by atoms with E-state index in [4.69, 9.17) is 4.42 Å². The van der Waals surface area contributed by atoms with Crippen LogP contribution in [0.25, 0.3) is 11.5 Å². The summed E-state index contributed by atoms with van der Waals surface area (Å²) in [4.78, 5) is 43.1. The van der Waals surface area contributed by atoms with Gasteiger partial charge in [0.15, 0.2) is 10.9 Å². The van der Waals surface area contributed by atoms with E-state index in [-0.39, 0.29) is 36.4 Å². The lowest BCUT2D eigenvalue weighted by Crippen LogP contribution is -2.34. The molecule has 1 aliphatic carbocycles. The summed E-state index contributed by atoms with van der Waals surface area (Å²) in [5.74, 6) is -0.200. The van der Waals surface area contributed by atoms with Gasteiger partial charge >= 0.3 is 0 Å². The average Bonchev–Trinajstić information content (AvgIpc) is 3.58. The second-order valence-corrected chi connectivity index (χ2v) is 9.37. The van der Waals surface area contributed by atoms with Gasteiger partial charge in [-0.3, -0.25) is 19.7 Å². The second-order valence-electron chi connectivity index (χ2n) is 8.29. The van der Waals surface area contributed by atoms with Crippen LogP contribution < -0.4 is 16.2 Å². The monoisotopic (exact) mass is 489 g/mol. The van der Waals surface area contributed by atoms with Crippen molar-refractivity contribution in [1.82, 2.24) is 20.1 Å². The maximum absolute atomic E-state index is 12.9. The van der Waals surface area contributed by atoms with Crippen molar-refractivity contribution in [2.45, 2.75) is 32.2 Å². The van der Waals surface area contributed by atoms with Gasteiger partial charge in [0.05, 0.1) is 24.4 Å². The molecule has 0 saturated carbocycles.